The molecule has 0 N–H and O–H groups in total. The van der Waals surface area contributed by atoms with E-state index in [0.29, 0.717) is 16.9 Å². The molecule has 2 fully saturated rings. The largest absolute Gasteiger partial charge is 0.366 e. The smallest absolute Gasteiger partial charge is 0.249 e. The van der Waals surface area contributed by atoms with Crippen LogP contribution < -0.4 is 0 Å². The van der Waals surface area contributed by atoms with Gasteiger partial charge in [-0.05, 0) is 46.5 Å². The lowest BCUT2D eigenvalue weighted by Crippen LogP contribution is -2.48. The molecule has 2 bridgehead atoms. The molecule has 2 unspecified atom stereocenters. The minimum atomic E-state index is -0.234. The van der Waals surface area contributed by atoms with Gasteiger partial charge in [-0.1, -0.05) is 15.9 Å². The van der Waals surface area contributed by atoms with Crippen LogP contribution in [0.3, 0.4) is 0 Å². The molecule has 0 aromatic rings. The number of rotatable bonds is 2. The molecule has 2 aliphatic rings. The van der Waals surface area contributed by atoms with E-state index in [1.54, 1.807) is 0 Å². The third-order valence-electron chi connectivity index (χ3n) is 3.59. The minimum absolute atomic E-state index is 0.173. The highest BCUT2D eigenvalue weighted by molar-refractivity contribution is 9.09. The van der Waals surface area contributed by atoms with Gasteiger partial charge >= 0.3 is 0 Å². The number of hydrogen-bond donors (Lipinski definition) is 0. The number of carbonyl (C=O) groups is 1. The zero-order valence-corrected chi connectivity index (χ0v) is 12.5. The van der Waals surface area contributed by atoms with E-state index in [2.05, 4.69) is 20.8 Å². The average Bonchev–Trinajstić information content (AvgIpc) is 2.47. The Bertz CT molecular complexity index is 286. The van der Waals surface area contributed by atoms with Crippen LogP contribution in [0.4, 0.5) is 0 Å². The number of ether oxygens (including phenoxy) is 1. The maximum Gasteiger partial charge on any atom is 0.249 e. The first-order valence-corrected chi connectivity index (χ1v) is 7.37. The Kier molecular flexibility index (Phi) is 3.83. The number of hydrogen-bond acceptors (Lipinski definition) is 2. The Balaban J connectivity index is 1.92. The van der Waals surface area contributed by atoms with Crippen LogP contribution in [0.1, 0.15) is 46.5 Å². The molecule has 2 aliphatic heterocycles. The lowest BCUT2D eigenvalue weighted by Gasteiger charge is -2.37. The lowest BCUT2D eigenvalue weighted by molar-refractivity contribution is -0.145. The molecule has 0 aromatic carbocycles. The number of halogens is 1. The SMILES string of the molecule is CC(C)(C)OCC(=O)N1C2CCC1CC(Br)C2. The summed E-state index contributed by atoms with van der Waals surface area (Å²) in [6.07, 6.45) is 4.51. The summed E-state index contributed by atoms with van der Waals surface area (Å²) in [5, 5.41) is 0. The summed E-state index contributed by atoms with van der Waals surface area (Å²) in [6.45, 7) is 6.18. The second-order valence-electron chi connectivity index (χ2n) is 6.16. The van der Waals surface area contributed by atoms with E-state index in [4.69, 9.17) is 4.74 Å². The van der Waals surface area contributed by atoms with Gasteiger partial charge in [0, 0.05) is 16.9 Å². The van der Waals surface area contributed by atoms with Crippen LogP contribution in [-0.2, 0) is 9.53 Å². The molecular formula is C13H22BrNO2. The Morgan fingerprint density at radius 1 is 1.29 bits per heavy atom. The number of piperidine rings is 1. The molecule has 2 atom stereocenters. The third-order valence-corrected chi connectivity index (χ3v) is 4.34. The summed E-state index contributed by atoms with van der Waals surface area (Å²) in [4.78, 5) is 14.9. The van der Waals surface area contributed by atoms with Crippen molar-refractivity contribution >= 4 is 21.8 Å². The van der Waals surface area contributed by atoms with Crippen molar-refractivity contribution in [2.24, 2.45) is 0 Å². The van der Waals surface area contributed by atoms with Crippen molar-refractivity contribution in [1.82, 2.24) is 4.90 Å². The number of nitrogens with zero attached hydrogens (tertiary/aromatic N) is 1. The van der Waals surface area contributed by atoms with Crippen molar-refractivity contribution in [2.75, 3.05) is 6.61 Å². The first-order valence-electron chi connectivity index (χ1n) is 6.46. The zero-order valence-electron chi connectivity index (χ0n) is 10.9. The summed E-state index contributed by atoms with van der Waals surface area (Å²) in [6, 6.07) is 0.878. The predicted octanol–water partition coefficient (Wildman–Crippen LogP) is 2.72. The maximum absolute atomic E-state index is 12.2. The Hall–Kier alpha value is -0.0900. The summed E-state index contributed by atoms with van der Waals surface area (Å²) >= 11 is 3.69. The van der Waals surface area contributed by atoms with Crippen molar-refractivity contribution < 1.29 is 9.53 Å². The second-order valence-corrected chi connectivity index (χ2v) is 7.45. The van der Waals surface area contributed by atoms with Crippen LogP contribution in [-0.4, -0.2) is 39.9 Å². The van der Waals surface area contributed by atoms with Gasteiger partial charge < -0.3 is 9.64 Å². The first-order chi connectivity index (χ1) is 7.87. The van der Waals surface area contributed by atoms with Gasteiger partial charge in [0.15, 0.2) is 0 Å². The van der Waals surface area contributed by atoms with Gasteiger partial charge in [0.1, 0.15) is 6.61 Å². The summed E-state index contributed by atoms with van der Waals surface area (Å²) in [7, 11) is 0. The third kappa shape index (κ3) is 3.22. The van der Waals surface area contributed by atoms with Gasteiger partial charge in [0.2, 0.25) is 5.91 Å². The van der Waals surface area contributed by atoms with Gasteiger partial charge in [-0.25, -0.2) is 0 Å². The molecule has 98 valence electrons. The predicted molar refractivity (Wildman–Crippen MR) is 71.3 cm³/mol. The lowest BCUT2D eigenvalue weighted by atomic mass is 10.0. The fraction of sp³-hybridized carbons (Fsp3) is 0.923. The molecule has 0 spiro atoms. The van der Waals surface area contributed by atoms with Crippen LogP contribution >= 0.6 is 15.9 Å². The monoisotopic (exact) mass is 303 g/mol. The van der Waals surface area contributed by atoms with Crippen molar-refractivity contribution in [3.8, 4) is 0 Å². The standard InChI is InChI=1S/C13H22BrNO2/c1-13(2,3)17-8-12(16)15-10-4-5-11(15)7-9(14)6-10/h9-11H,4-8H2,1-3H3. The molecule has 1 amide bonds. The number of alkyl halides is 1. The van der Waals surface area contributed by atoms with Crippen molar-refractivity contribution in [2.45, 2.75) is 69.0 Å². The molecule has 0 radical (unpaired) electrons. The van der Waals surface area contributed by atoms with Crippen LogP contribution in [0.5, 0.6) is 0 Å². The van der Waals surface area contributed by atoms with Crippen molar-refractivity contribution in [3.63, 3.8) is 0 Å². The number of fused-ring (bicyclic) bond motifs is 2. The number of carbonyl (C=O) groups excluding carboxylic acids is 1. The van der Waals surface area contributed by atoms with E-state index in [0.717, 1.165) is 25.7 Å². The highest BCUT2D eigenvalue weighted by atomic mass is 79.9. The summed E-state index contributed by atoms with van der Waals surface area (Å²) in [5.41, 5.74) is -0.234. The van der Waals surface area contributed by atoms with E-state index in [1.807, 2.05) is 20.8 Å². The molecule has 4 heteroatoms. The highest BCUT2D eigenvalue weighted by Gasteiger charge is 2.42. The molecule has 0 aromatic heterocycles. The summed E-state index contributed by atoms with van der Waals surface area (Å²) < 4.78 is 5.59. The quantitative estimate of drug-likeness (QED) is 0.734. The van der Waals surface area contributed by atoms with E-state index in [9.17, 15) is 4.79 Å². The van der Waals surface area contributed by atoms with Crippen LogP contribution in [0.25, 0.3) is 0 Å². The molecular weight excluding hydrogens is 282 g/mol. The van der Waals surface area contributed by atoms with Gasteiger partial charge in [0.05, 0.1) is 5.60 Å². The Morgan fingerprint density at radius 3 is 2.29 bits per heavy atom. The molecule has 2 heterocycles. The van der Waals surface area contributed by atoms with E-state index in [-0.39, 0.29) is 18.1 Å². The van der Waals surface area contributed by atoms with Crippen LogP contribution in [0, 0.1) is 0 Å². The average molecular weight is 304 g/mol. The topological polar surface area (TPSA) is 29.5 Å². The normalized spacial score (nSPS) is 32.9. The van der Waals surface area contributed by atoms with Crippen LogP contribution in [0.15, 0.2) is 0 Å². The fourth-order valence-electron chi connectivity index (χ4n) is 2.87. The molecule has 3 nitrogen and oxygen atoms in total. The van der Waals surface area contributed by atoms with Crippen molar-refractivity contribution in [1.29, 1.82) is 0 Å². The summed E-state index contributed by atoms with van der Waals surface area (Å²) in [5.74, 6) is 0.173. The van der Waals surface area contributed by atoms with E-state index in [1.165, 1.54) is 0 Å². The maximum atomic E-state index is 12.2. The van der Waals surface area contributed by atoms with Gasteiger partial charge in [-0.15, -0.1) is 0 Å². The molecule has 2 rings (SSSR count). The van der Waals surface area contributed by atoms with E-state index < -0.39 is 0 Å². The molecule has 17 heavy (non-hydrogen) atoms. The zero-order chi connectivity index (χ0) is 12.6. The van der Waals surface area contributed by atoms with Crippen molar-refractivity contribution in [3.05, 3.63) is 0 Å². The minimum Gasteiger partial charge on any atom is -0.366 e. The molecule has 0 saturated carbocycles. The van der Waals surface area contributed by atoms with Gasteiger partial charge in [0.25, 0.3) is 0 Å². The molecule has 0 aliphatic carbocycles. The van der Waals surface area contributed by atoms with E-state index >= 15 is 0 Å². The van der Waals surface area contributed by atoms with Crippen LogP contribution in [0.2, 0.25) is 0 Å². The fourth-order valence-corrected chi connectivity index (χ4v) is 3.73. The Labute approximate surface area is 112 Å². The highest BCUT2D eigenvalue weighted by Crippen LogP contribution is 2.38. The first kappa shape index (κ1) is 13.3. The van der Waals surface area contributed by atoms with Gasteiger partial charge in [-0.2, -0.15) is 0 Å². The number of amides is 1. The second kappa shape index (κ2) is 4.88. The Morgan fingerprint density at radius 2 is 1.82 bits per heavy atom. The molecule has 2 saturated heterocycles. The van der Waals surface area contributed by atoms with Gasteiger partial charge in [-0.3, -0.25) is 4.79 Å².